The van der Waals surface area contributed by atoms with Crippen molar-refractivity contribution in [2.45, 2.75) is 13.8 Å². The maximum absolute atomic E-state index is 6.00. The van der Waals surface area contributed by atoms with Gasteiger partial charge in [-0.2, -0.15) is 4.98 Å². The van der Waals surface area contributed by atoms with Gasteiger partial charge < -0.3 is 10.3 Å². The fourth-order valence-corrected chi connectivity index (χ4v) is 2.77. The second-order valence-corrected chi connectivity index (χ2v) is 5.42. The zero-order valence-electron chi connectivity index (χ0n) is 10.5. The molecule has 0 aliphatic carbocycles. The first-order valence-electron chi connectivity index (χ1n) is 5.77. The van der Waals surface area contributed by atoms with Gasteiger partial charge in [-0.15, -0.1) is 11.3 Å². The van der Waals surface area contributed by atoms with Crippen molar-refractivity contribution >= 4 is 16.3 Å². The van der Waals surface area contributed by atoms with Gasteiger partial charge in [-0.05, 0) is 31.5 Å². The van der Waals surface area contributed by atoms with Gasteiger partial charge in [0.05, 0.1) is 10.6 Å². The topological polar surface area (TPSA) is 77.8 Å². The highest BCUT2D eigenvalue weighted by Crippen LogP contribution is 2.37. The maximum Gasteiger partial charge on any atom is 0.261 e. The number of nitrogens with two attached hydrogens (primary N) is 1. The minimum atomic E-state index is 0.444. The molecule has 0 amide bonds. The van der Waals surface area contributed by atoms with Gasteiger partial charge in [0.15, 0.2) is 0 Å². The van der Waals surface area contributed by atoms with E-state index in [1.54, 1.807) is 6.20 Å². The fourth-order valence-electron chi connectivity index (χ4n) is 1.84. The molecule has 3 rings (SSSR count). The molecule has 0 spiro atoms. The van der Waals surface area contributed by atoms with Gasteiger partial charge in [0.25, 0.3) is 5.89 Å². The van der Waals surface area contributed by atoms with Crippen LogP contribution < -0.4 is 5.73 Å². The van der Waals surface area contributed by atoms with Crippen LogP contribution >= 0.6 is 11.3 Å². The van der Waals surface area contributed by atoms with E-state index in [-0.39, 0.29) is 0 Å². The van der Waals surface area contributed by atoms with Gasteiger partial charge in [0.2, 0.25) is 5.82 Å². The molecule has 0 aromatic carbocycles. The third-order valence-corrected chi connectivity index (χ3v) is 3.98. The summed E-state index contributed by atoms with van der Waals surface area (Å²) < 4.78 is 5.31. The summed E-state index contributed by atoms with van der Waals surface area (Å²) in [7, 11) is 0. The summed E-state index contributed by atoms with van der Waals surface area (Å²) >= 11 is 1.53. The largest absolute Gasteiger partial charge is 0.390 e. The Hall–Kier alpha value is -2.21. The van der Waals surface area contributed by atoms with Gasteiger partial charge in [-0.1, -0.05) is 11.2 Å². The lowest BCUT2D eigenvalue weighted by Crippen LogP contribution is -1.87. The summed E-state index contributed by atoms with van der Waals surface area (Å²) in [6.45, 7) is 4.03. The number of nitrogens with zero attached hydrogens (tertiary/aromatic N) is 3. The molecule has 6 heteroatoms. The molecular formula is C13H12N4OS. The van der Waals surface area contributed by atoms with Crippen molar-refractivity contribution in [3.05, 3.63) is 34.8 Å². The van der Waals surface area contributed by atoms with Crippen LogP contribution in [-0.4, -0.2) is 15.1 Å². The van der Waals surface area contributed by atoms with E-state index >= 15 is 0 Å². The molecule has 3 aromatic heterocycles. The number of hydrogen-bond donors (Lipinski definition) is 1. The number of aryl methyl sites for hydroxylation is 1. The summed E-state index contributed by atoms with van der Waals surface area (Å²) in [4.78, 5) is 9.72. The molecule has 0 aliphatic rings. The van der Waals surface area contributed by atoms with Gasteiger partial charge in [-0.25, -0.2) is 0 Å². The van der Waals surface area contributed by atoms with Gasteiger partial charge in [0.1, 0.15) is 5.69 Å². The number of thiophene rings is 1. The molecule has 5 nitrogen and oxygen atoms in total. The lowest BCUT2D eigenvalue weighted by Gasteiger charge is -1.94. The van der Waals surface area contributed by atoms with Gasteiger partial charge >= 0.3 is 0 Å². The van der Waals surface area contributed by atoms with Crippen LogP contribution in [0.4, 0.5) is 5.00 Å². The summed E-state index contributed by atoms with van der Waals surface area (Å²) in [5, 5.41) is 4.65. The Kier molecular flexibility index (Phi) is 2.79. The quantitative estimate of drug-likeness (QED) is 0.775. The third-order valence-electron chi connectivity index (χ3n) is 2.95. The minimum absolute atomic E-state index is 0.444. The SMILES string of the molecule is Cc1sc(N)c(-c2nc(-c3ccccn3)no2)c1C. The van der Waals surface area contributed by atoms with Gasteiger partial charge in [0, 0.05) is 11.1 Å². The molecule has 0 saturated carbocycles. The lowest BCUT2D eigenvalue weighted by atomic mass is 10.1. The average molecular weight is 272 g/mol. The molecule has 0 saturated heterocycles. The zero-order valence-corrected chi connectivity index (χ0v) is 11.4. The van der Waals surface area contributed by atoms with Crippen LogP contribution in [0.3, 0.4) is 0 Å². The van der Waals surface area contributed by atoms with Crippen LogP contribution in [0.2, 0.25) is 0 Å². The summed E-state index contributed by atoms with van der Waals surface area (Å²) in [5.41, 5.74) is 8.59. The number of anilines is 1. The minimum Gasteiger partial charge on any atom is -0.390 e. The van der Waals surface area contributed by atoms with E-state index in [1.165, 1.54) is 11.3 Å². The van der Waals surface area contributed by atoms with E-state index < -0.39 is 0 Å². The van der Waals surface area contributed by atoms with E-state index in [0.29, 0.717) is 22.4 Å². The van der Waals surface area contributed by atoms with Crippen LogP contribution in [0.15, 0.2) is 28.9 Å². The third kappa shape index (κ3) is 2.00. The van der Waals surface area contributed by atoms with E-state index in [0.717, 1.165) is 16.0 Å². The molecule has 0 bridgehead atoms. The van der Waals surface area contributed by atoms with E-state index in [1.807, 2.05) is 32.0 Å². The molecule has 3 aromatic rings. The highest BCUT2D eigenvalue weighted by atomic mass is 32.1. The molecule has 0 aliphatic heterocycles. The number of hydrogen-bond acceptors (Lipinski definition) is 6. The van der Waals surface area contributed by atoms with Crippen molar-refractivity contribution < 1.29 is 4.52 Å². The molecule has 0 fully saturated rings. The summed E-state index contributed by atoms with van der Waals surface area (Å²) in [6.07, 6.45) is 1.69. The number of aromatic nitrogens is 3. The Labute approximate surface area is 114 Å². The second kappa shape index (κ2) is 4.47. The van der Waals surface area contributed by atoms with Gasteiger partial charge in [-0.3, -0.25) is 4.98 Å². The van der Waals surface area contributed by atoms with E-state index in [9.17, 15) is 0 Å². The molecular weight excluding hydrogens is 260 g/mol. The van der Waals surface area contributed by atoms with Crippen molar-refractivity contribution in [3.63, 3.8) is 0 Å². The van der Waals surface area contributed by atoms with E-state index in [4.69, 9.17) is 10.3 Å². The summed E-state index contributed by atoms with van der Waals surface area (Å²) in [5.74, 6) is 0.915. The zero-order chi connectivity index (χ0) is 13.4. The number of rotatable bonds is 2. The smallest absolute Gasteiger partial charge is 0.261 e. The highest BCUT2D eigenvalue weighted by molar-refractivity contribution is 7.16. The van der Waals surface area contributed by atoms with Crippen LogP contribution in [0.25, 0.3) is 23.0 Å². The van der Waals surface area contributed by atoms with Crippen molar-refractivity contribution in [1.29, 1.82) is 0 Å². The maximum atomic E-state index is 6.00. The molecule has 0 radical (unpaired) electrons. The predicted molar refractivity (Wildman–Crippen MR) is 74.7 cm³/mol. The first kappa shape index (κ1) is 11.9. The molecule has 3 heterocycles. The van der Waals surface area contributed by atoms with Crippen LogP contribution in [-0.2, 0) is 0 Å². The Bertz CT molecular complexity index is 718. The van der Waals surface area contributed by atoms with E-state index in [2.05, 4.69) is 15.1 Å². The van der Waals surface area contributed by atoms with Crippen LogP contribution in [0.5, 0.6) is 0 Å². The normalized spacial score (nSPS) is 10.8. The van der Waals surface area contributed by atoms with Crippen molar-refractivity contribution in [2.24, 2.45) is 0 Å². The molecule has 0 atom stereocenters. The lowest BCUT2D eigenvalue weighted by molar-refractivity contribution is 0.432. The average Bonchev–Trinajstić information content (AvgIpc) is 2.97. The first-order valence-corrected chi connectivity index (χ1v) is 6.59. The first-order chi connectivity index (χ1) is 9.16. The Morgan fingerprint density at radius 3 is 2.74 bits per heavy atom. The molecule has 2 N–H and O–H groups in total. The van der Waals surface area contributed by atoms with Crippen molar-refractivity contribution in [2.75, 3.05) is 5.73 Å². The monoisotopic (exact) mass is 272 g/mol. The van der Waals surface area contributed by atoms with Crippen molar-refractivity contribution in [1.82, 2.24) is 15.1 Å². The predicted octanol–water partition coefficient (Wildman–Crippen LogP) is 3.06. The number of nitrogen functional groups attached to an aromatic ring is 1. The Morgan fingerprint density at radius 2 is 2.11 bits per heavy atom. The highest BCUT2D eigenvalue weighted by Gasteiger charge is 2.19. The Morgan fingerprint density at radius 1 is 1.26 bits per heavy atom. The summed E-state index contributed by atoms with van der Waals surface area (Å²) in [6, 6.07) is 5.56. The Balaban J connectivity index is 2.07. The molecule has 19 heavy (non-hydrogen) atoms. The standard InChI is InChI=1S/C13H12N4OS/c1-7-8(2)19-11(14)10(7)13-16-12(17-18-13)9-5-3-4-6-15-9/h3-6H,14H2,1-2H3. The molecule has 96 valence electrons. The second-order valence-electron chi connectivity index (χ2n) is 4.16. The molecule has 0 unspecified atom stereocenters. The van der Waals surface area contributed by atoms with Crippen LogP contribution in [0.1, 0.15) is 10.4 Å². The fraction of sp³-hybridized carbons (Fsp3) is 0.154. The van der Waals surface area contributed by atoms with Crippen molar-refractivity contribution in [3.8, 4) is 23.0 Å². The number of pyridine rings is 1. The van der Waals surface area contributed by atoms with Crippen LogP contribution in [0, 0.1) is 13.8 Å².